The molecule has 2 aliphatic rings. The Morgan fingerprint density at radius 2 is 1.85 bits per heavy atom. The molecule has 2 bridgehead atoms. The van der Waals surface area contributed by atoms with E-state index in [0.717, 1.165) is 25.7 Å². The molecule has 4 atom stereocenters. The predicted octanol–water partition coefficient (Wildman–Crippen LogP) is 1.70. The van der Waals surface area contributed by atoms with E-state index in [0.29, 0.717) is 0 Å². The highest BCUT2D eigenvalue weighted by atomic mass is 16.3. The number of fused-ring (bicyclic) bond motifs is 2. The second-order valence-corrected chi connectivity index (χ2v) is 5.11. The Labute approximate surface area is 80.0 Å². The number of aliphatic hydroxyl groups is 2. The molecule has 0 amide bonds. The molecule has 0 spiro atoms. The first-order valence-corrected chi connectivity index (χ1v) is 5.50. The molecule has 0 radical (unpaired) electrons. The molecule has 2 N–H and O–H groups in total. The largest absolute Gasteiger partial charge is 0.393 e. The Morgan fingerprint density at radius 1 is 1.08 bits per heavy atom. The molecule has 0 heterocycles. The highest BCUT2D eigenvalue weighted by Gasteiger charge is 2.45. The summed E-state index contributed by atoms with van der Waals surface area (Å²) in [5, 5.41) is 19.9. The van der Waals surface area contributed by atoms with Crippen LogP contribution in [-0.4, -0.2) is 22.4 Å². The van der Waals surface area contributed by atoms with Crippen LogP contribution in [0, 0.1) is 11.3 Å². The zero-order valence-electron chi connectivity index (χ0n) is 8.37. The summed E-state index contributed by atoms with van der Waals surface area (Å²) in [5.74, 6) is 0.154. The van der Waals surface area contributed by atoms with Crippen molar-refractivity contribution in [2.75, 3.05) is 0 Å². The average molecular weight is 184 g/mol. The molecule has 0 aromatic carbocycles. The molecule has 2 fully saturated rings. The van der Waals surface area contributed by atoms with Crippen molar-refractivity contribution < 1.29 is 10.2 Å². The summed E-state index contributed by atoms with van der Waals surface area (Å²) in [6.07, 6.45) is 5.91. The normalized spacial score (nSPS) is 51.5. The highest BCUT2D eigenvalue weighted by molar-refractivity contribution is 4.96. The van der Waals surface area contributed by atoms with Crippen molar-refractivity contribution in [3.8, 4) is 0 Å². The maximum absolute atomic E-state index is 10.1. The van der Waals surface area contributed by atoms with Gasteiger partial charge < -0.3 is 10.2 Å². The van der Waals surface area contributed by atoms with E-state index in [9.17, 15) is 10.2 Å². The number of aliphatic hydroxyl groups excluding tert-OH is 2. The first kappa shape index (κ1) is 9.47. The summed E-state index contributed by atoms with van der Waals surface area (Å²) < 4.78 is 0. The average Bonchev–Trinajstić information content (AvgIpc) is 2.19. The molecule has 2 nitrogen and oxygen atoms in total. The van der Waals surface area contributed by atoms with Gasteiger partial charge in [0.1, 0.15) is 0 Å². The van der Waals surface area contributed by atoms with Crippen molar-refractivity contribution in [3.63, 3.8) is 0 Å². The van der Waals surface area contributed by atoms with Crippen LogP contribution in [0.2, 0.25) is 0 Å². The molecule has 0 aliphatic heterocycles. The van der Waals surface area contributed by atoms with Crippen LogP contribution in [0.1, 0.15) is 45.4 Å². The van der Waals surface area contributed by atoms with Crippen LogP contribution in [0.15, 0.2) is 0 Å². The molecule has 0 aromatic rings. The van der Waals surface area contributed by atoms with Gasteiger partial charge >= 0.3 is 0 Å². The third kappa shape index (κ3) is 1.50. The van der Waals surface area contributed by atoms with Crippen LogP contribution in [0.3, 0.4) is 0 Å². The fourth-order valence-electron chi connectivity index (χ4n) is 3.10. The molecular formula is C11H20O2. The number of hydrogen-bond donors (Lipinski definition) is 2. The smallest absolute Gasteiger partial charge is 0.0646 e. The Bertz CT molecular complexity index is 193. The zero-order valence-corrected chi connectivity index (χ0v) is 8.37. The first-order valence-electron chi connectivity index (χ1n) is 5.50. The quantitative estimate of drug-likeness (QED) is 0.601. The summed E-state index contributed by atoms with van der Waals surface area (Å²) in [4.78, 5) is 0. The molecule has 76 valence electrons. The van der Waals surface area contributed by atoms with E-state index >= 15 is 0 Å². The fourth-order valence-corrected chi connectivity index (χ4v) is 3.10. The second kappa shape index (κ2) is 3.25. The van der Waals surface area contributed by atoms with Gasteiger partial charge in [0.15, 0.2) is 0 Å². The highest BCUT2D eigenvalue weighted by Crippen LogP contribution is 2.47. The lowest BCUT2D eigenvalue weighted by Crippen LogP contribution is -2.46. The maximum atomic E-state index is 10.1. The molecule has 0 aromatic heterocycles. The third-order valence-electron chi connectivity index (χ3n) is 4.16. The van der Waals surface area contributed by atoms with E-state index in [1.165, 1.54) is 12.8 Å². The van der Waals surface area contributed by atoms with Gasteiger partial charge in [-0.15, -0.1) is 0 Å². The minimum atomic E-state index is -0.265. The van der Waals surface area contributed by atoms with E-state index < -0.39 is 0 Å². The van der Waals surface area contributed by atoms with Gasteiger partial charge in [0.25, 0.3) is 0 Å². The van der Waals surface area contributed by atoms with E-state index in [1.54, 1.807) is 0 Å². The van der Waals surface area contributed by atoms with Gasteiger partial charge in [-0.3, -0.25) is 0 Å². The van der Waals surface area contributed by atoms with Crippen LogP contribution in [0.4, 0.5) is 0 Å². The standard InChI is InChI=1S/C11H20O2/c1-11-6-3-2-4-8(10(11)13)9(12)5-7-11/h8-10,12-13H,2-7H2,1H3/t8-,9+,10+,11+/m0/s1. The van der Waals surface area contributed by atoms with Crippen molar-refractivity contribution in [2.24, 2.45) is 11.3 Å². The van der Waals surface area contributed by atoms with Crippen LogP contribution in [-0.2, 0) is 0 Å². The number of hydrogen-bond acceptors (Lipinski definition) is 2. The monoisotopic (exact) mass is 184 g/mol. The summed E-state index contributed by atoms with van der Waals surface area (Å²) in [6.45, 7) is 2.18. The van der Waals surface area contributed by atoms with Gasteiger partial charge in [0.05, 0.1) is 12.2 Å². The minimum Gasteiger partial charge on any atom is -0.393 e. The second-order valence-electron chi connectivity index (χ2n) is 5.11. The maximum Gasteiger partial charge on any atom is 0.0646 e. The van der Waals surface area contributed by atoms with Crippen LogP contribution in [0.25, 0.3) is 0 Å². The number of rotatable bonds is 0. The van der Waals surface area contributed by atoms with Gasteiger partial charge in [0.2, 0.25) is 0 Å². The lowest BCUT2D eigenvalue weighted by molar-refractivity contribution is -0.0962. The third-order valence-corrected chi connectivity index (χ3v) is 4.16. The first-order chi connectivity index (χ1) is 6.13. The summed E-state index contributed by atoms with van der Waals surface area (Å²) in [6, 6.07) is 0. The van der Waals surface area contributed by atoms with Gasteiger partial charge in [-0.1, -0.05) is 19.8 Å². The van der Waals surface area contributed by atoms with Gasteiger partial charge in [-0.25, -0.2) is 0 Å². The molecule has 13 heavy (non-hydrogen) atoms. The van der Waals surface area contributed by atoms with Crippen LogP contribution < -0.4 is 0 Å². The van der Waals surface area contributed by atoms with Crippen molar-refractivity contribution in [3.05, 3.63) is 0 Å². The molecule has 0 saturated heterocycles. The van der Waals surface area contributed by atoms with Crippen molar-refractivity contribution in [1.82, 2.24) is 0 Å². The summed E-state index contributed by atoms with van der Waals surface area (Å²) in [5.41, 5.74) is 0.0976. The van der Waals surface area contributed by atoms with Crippen molar-refractivity contribution in [1.29, 1.82) is 0 Å². The zero-order chi connectivity index (χ0) is 9.47. The van der Waals surface area contributed by atoms with Crippen LogP contribution in [0.5, 0.6) is 0 Å². The SMILES string of the molecule is C[C@@]12CCCC[C@@H]([C@H](O)CC1)[C@H]2O. The Balaban J connectivity index is 2.21. The summed E-state index contributed by atoms with van der Waals surface area (Å²) in [7, 11) is 0. The van der Waals surface area contributed by atoms with E-state index in [-0.39, 0.29) is 23.5 Å². The van der Waals surface area contributed by atoms with E-state index in [1.807, 2.05) is 0 Å². The lowest BCUT2D eigenvalue weighted by Gasteiger charge is -2.44. The molecule has 2 heteroatoms. The van der Waals surface area contributed by atoms with E-state index in [2.05, 4.69) is 6.92 Å². The van der Waals surface area contributed by atoms with Crippen molar-refractivity contribution in [2.45, 2.75) is 57.7 Å². The Hall–Kier alpha value is -0.0800. The Morgan fingerprint density at radius 3 is 2.62 bits per heavy atom. The molecule has 2 rings (SSSR count). The van der Waals surface area contributed by atoms with Crippen molar-refractivity contribution >= 4 is 0 Å². The lowest BCUT2D eigenvalue weighted by atomic mass is 9.66. The molecule has 2 aliphatic carbocycles. The van der Waals surface area contributed by atoms with E-state index in [4.69, 9.17) is 0 Å². The van der Waals surface area contributed by atoms with Gasteiger partial charge in [0, 0.05) is 5.92 Å². The predicted molar refractivity (Wildman–Crippen MR) is 51.3 cm³/mol. The van der Waals surface area contributed by atoms with Crippen LogP contribution >= 0.6 is 0 Å². The van der Waals surface area contributed by atoms with Gasteiger partial charge in [-0.2, -0.15) is 0 Å². The topological polar surface area (TPSA) is 40.5 Å². The molecular weight excluding hydrogens is 164 g/mol. The molecule has 0 unspecified atom stereocenters. The Kier molecular flexibility index (Phi) is 2.37. The minimum absolute atomic E-state index is 0.0976. The fraction of sp³-hybridized carbons (Fsp3) is 1.00. The summed E-state index contributed by atoms with van der Waals surface area (Å²) >= 11 is 0. The molecule has 2 saturated carbocycles. The van der Waals surface area contributed by atoms with Gasteiger partial charge in [-0.05, 0) is 31.1 Å².